The first-order chi connectivity index (χ1) is 13.3. The Bertz CT molecular complexity index is 1140. The second-order valence-corrected chi connectivity index (χ2v) is 8.09. The molecular weight excluding hydrogens is 375 g/mol. The highest BCUT2D eigenvalue weighted by Gasteiger charge is 2.21. The van der Waals surface area contributed by atoms with E-state index in [1.165, 1.54) is 12.1 Å². The van der Waals surface area contributed by atoms with Gasteiger partial charge >= 0.3 is 0 Å². The van der Waals surface area contributed by atoms with Crippen LogP contribution in [-0.4, -0.2) is 14.6 Å². The predicted molar refractivity (Wildman–Crippen MR) is 112 cm³/mol. The van der Waals surface area contributed by atoms with E-state index >= 15 is 0 Å². The maximum Gasteiger partial charge on any atom is 0.165 e. The number of nitrogens with one attached hydrogen (secondary N) is 1. The second kappa shape index (κ2) is 6.91. The zero-order chi connectivity index (χ0) is 19.9. The van der Waals surface area contributed by atoms with Crippen molar-refractivity contribution in [3.63, 3.8) is 0 Å². The van der Waals surface area contributed by atoms with Crippen molar-refractivity contribution in [2.75, 3.05) is 5.32 Å². The molecule has 0 saturated carbocycles. The molecule has 0 aliphatic carbocycles. The lowest BCUT2D eigenvalue weighted by Crippen LogP contribution is -2.16. The lowest BCUT2D eigenvalue weighted by molar-refractivity contribution is 0.569. The molecule has 2 aromatic carbocycles. The maximum atomic E-state index is 13.3. The average Bonchev–Trinajstić information content (AvgIpc) is 3.07. The summed E-state index contributed by atoms with van der Waals surface area (Å²) in [6.07, 6.45) is 1.77. The minimum absolute atomic E-state index is 0.164. The molecule has 142 valence electrons. The molecule has 4 nitrogen and oxygen atoms in total. The number of aromatic nitrogens is 3. The monoisotopic (exact) mass is 394 g/mol. The zero-order valence-corrected chi connectivity index (χ0v) is 16.6. The van der Waals surface area contributed by atoms with E-state index in [1.807, 2.05) is 30.3 Å². The van der Waals surface area contributed by atoms with Gasteiger partial charge in [0, 0.05) is 33.3 Å². The molecule has 28 heavy (non-hydrogen) atoms. The van der Waals surface area contributed by atoms with Crippen LogP contribution in [0.25, 0.3) is 16.8 Å². The van der Waals surface area contributed by atoms with Crippen LogP contribution in [0.3, 0.4) is 0 Å². The van der Waals surface area contributed by atoms with Gasteiger partial charge in [-0.25, -0.2) is 9.37 Å². The van der Waals surface area contributed by atoms with E-state index in [9.17, 15) is 4.39 Å². The second-order valence-electron chi connectivity index (χ2n) is 7.68. The van der Waals surface area contributed by atoms with E-state index in [4.69, 9.17) is 16.6 Å². The smallest absolute Gasteiger partial charge is 0.165 e. The van der Waals surface area contributed by atoms with Gasteiger partial charge in [0.1, 0.15) is 11.6 Å². The number of anilines is 2. The van der Waals surface area contributed by atoms with Gasteiger partial charge in [-0.3, -0.25) is 0 Å². The molecule has 0 unspecified atom stereocenters. The van der Waals surface area contributed by atoms with Crippen LogP contribution in [-0.2, 0) is 5.41 Å². The van der Waals surface area contributed by atoms with Crippen molar-refractivity contribution in [2.24, 2.45) is 0 Å². The molecule has 2 aromatic heterocycles. The topological polar surface area (TPSA) is 42.2 Å². The Kier molecular flexibility index (Phi) is 4.55. The van der Waals surface area contributed by atoms with Crippen molar-refractivity contribution >= 4 is 28.8 Å². The highest BCUT2D eigenvalue weighted by molar-refractivity contribution is 6.33. The van der Waals surface area contributed by atoms with Gasteiger partial charge in [0.2, 0.25) is 0 Å². The molecule has 0 saturated heterocycles. The van der Waals surface area contributed by atoms with Crippen molar-refractivity contribution in [3.8, 4) is 11.1 Å². The van der Waals surface area contributed by atoms with Crippen molar-refractivity contribution in [1.82, 2.24) is 14.6 Å². The minimum Gasteiger partial charge on any atom is -0.340 e. The third-order valence-corrected chi connectivity index (χ3v) is 4.85. The van der Waals surface area contributed by atoms with Gasteiger partial charge in [-0.15, -0.1) is 0 Å². The fourth-order valence-electron chi connectivity index (χ4n) is 2.99. The lowest BCUT2D eigenvalue weighted by atomic mass is 9.92. The Morgan fingerprint density at radius 2 is 1.71 bits per heavy atom. The number of benzene rings is 2. The number of nitrogens with zero attached hydrogens (tertiary/aromatic N) is 3. The number of fused-ring (bicyclic) bond motifs is 1. The Hall–Kier alpha value is -2.92. The Balaban J connectivity index is 1.92. The molecule has 0 aliphatic heterocycles. The lowest BCUT2D eigenvalue weighted by Gasteiger charge is -2.20. The van der Waals surface area contributed by atoms with Gasteiger partial charge in [0.15, 0.2) is 5.65 Å². The highest BCUT2D eigenvalue weighted by Crippen LogP contribution is 2.33. The molecule has 6 heteroatoms. The van der Waals surface area contributed by atoms with Crippen LogP contribution in [0.4, 0.5) is 15.9 Å². The summed E-state index contributed by atoms with van der Waals surface area (Å²) in [7, 11) is 0. The van der Waals surface area contributed by atoms with Crippen LogP contribution in [0.2, 0.25) is 5.02 Å². The first-order valence-corrected chi connectivity index (χ1v) is 9.37. The van der Waals surface area contributed by atoms with Gasteiger partial charge in [0.05, 0.1) is 11.9 Å². The number of hydrogen-bond donors (Lipinski definition) is 1. The molecule has 4 rings (SSSR count). The molecule has 1 N–H and O–H groups in total. The largest absolute Gasteiger partial charge is 0.340 e. The number of rotatable bonds is 3. The van der Waals surface area contributed by atoms with Crippen molar-refractivity contribution in [3.05, 3.63) is 77.3 Å². The third kappa shape index (κ3) is 3.45. The van der Waals surface area contributed by atoms with E-state index in [-0.39, 0.29) is 11.2 Å². The van der Waals surface area contributed by atoms with Crippen LogP contribution >= 0.6 is 11.6 Å². The molecule has 0 spiro atoms. The standard InChI is InChI=1S/C22H20ClFN4/c1-22(2,3)19-12-20(26-15-10-8-14(24)9-11-15)28-21(27-19)17(13-25-28)16-6-4-5-7-18(16)23/h4-13,26H,1-3H3. The van der Waals surface area contributed by atoms with Gasteiger partial charge in [-0.2, -0.15) is 9.61 Å². The molecule has 0 aliphatic rings. The van der Waals surface area contributed by atoms with E-state index in [1.54, 1.807) is 22.8 Å². The summed E-state index contributed by atoms with van der Waals surface area (Å²) in [4.78, 5) is 4.88. The Labute approximate surface area is 168 Å². The molecule has 0 bridgehead atoms. The Morgan fingerprint density at radius 3 is 2.39 bits per heavy atom. The van der Waals surface area contributed by atoms with Gasteiger partial charge in [-0.05, 0) is 30.3 Å². The normalized spacial score (nSPS) is 11.8. The first kappa shape index (κ1) is 18.4. The number of halogens is 2. The van der Waals surface area contributed by atoms with E-state index in [0.29, 0.717) is 10.7 Å². The zero-order valence-electron chi connectivity index (χ0n) is 15.9. The summed E-state index contributed by atoms with van der Waals surface area (Å²) in [6.45, 7) is 6.33. The summed E-state index contributed by atoms with van der Waals surface area (Å²) in [5.74, 6) is 0.473. The molecular formula is C22H20ClFN4. The van der Waals surface area contributed by atoms with Gasteiger partial charge in [0.25, 0.3) is 0 Å². The van der Waals surface area contributed by atoms with Crippen LogP contribution in [0.1, 0.15) is 26.5 Å². The summed E-state index contributed by atoms with van der Waals surface area (Å²) in [6, 6.07) is 15.8. The summed E-state index contributed by atoms with van der Waals surface area (Å²) in [5, 5.41) is 8.51. The average molecular weight is 395 g/mol. The van der Waals surface area contributed by atoms with E-state index in [0.717, 1.165) is 28.3 Å². The molecule has 0 fully saturated rings. The van der Waals surface area contributed by atoms with Crippen LogP contribution in [0.5, 0.6) is 0 Å². The molecule has 4 aromatic rings. The van der Waals surface area contributed by atoms with E-state index in [2.05, 4.69) is 31.2 Å². The van der Waals surface area contributed by atoms with Gasteiger partial charge < -0.3 is 5.32 Å². The van der Waals surface area contributed by atoms with Crippen molar-refractivity contribution in [2.45, 2.75) is 26.2 Å². The first-order valence-electron chi connectivity index (χ1n) is 9.00. The molecule has 2 heterocycles. The Morgan fingerprint density at radius 1 is 1.00 bits per heavy atom. The van der Waals surface area contributed by atoms with Crippen molar-refractivity contribution in [1.29, 1.82) is 0 Å². The fraction of sp³-hybridized carbons (Fsp3) is 0.182. The molecule has 0 atom stereocenters. The van der Waals surface area contributed by atoms with Crippen LogP contribution < -0.4 is 5.32 Å². The van der Waals surface area contributed by atoms with Crippen LogP contribution in [0, 0.1) is 5.82 Å². The fourth-order valence-corrected chi connectivity index (χ4v) is 3.22. The minimum atomic E-state index is -0.277. The summed E-state index contributed by atoms with van der Waals surface area (Å²) < 4.78 is 15.0. The van der Waals surface area contributed by atoms with Crippen molar-refractivity contribution < 1.29 is 4.39 Å². The molecule has 0 radical (unpaired) electrons. The summed E-state index contributed by atoms with van der Waals surface area (Å²) >= 11 is 6.41. The third-order valence-electron chi connectivity index (χ3n) is 4.52. The number of hydrogen-bond acceptors (Lipinski definition) is 3. The molecule has 0 amide bonds. The van der Waals surface area contributed by atoms with Crippen LogP contribution in [0.15, 0.2) is 60.8 Å². The summed E-state index contributed by atoms with van der Waals surface area (Å²) in [5.41, 5.74) is 3.97. The van der Waals surface area contributed by atoms with Gasteiger partial charge in [-0.1, -0.05) is 50.6 Å². The highest BCUT2D eigenvalue weighted by atomic mass is 35.5. The maximum absolute atomic E-state index is 13.3. The quantitative estimate of drug-likeness (QED) is 0.447. The van der Waals surface area contributed by atoms with E-state index < -0.39 is 0 Å². The SMILES string of the molecule is CC(C)(C)c1cc(Nc2ccc(F)cc2)n2ncc(-c3ccccc3Cl)c2n1. The predicted octanol–water partition coefficient (Wildman–Crippen LogP) is 6.23.